The normalized spacial score (nSPS) is 10.0. The number of nitrogens with one attached hydrogen (secondary N) is 1. The molecule has 3 N–H and O–H groups in total. The minimum absolute atomic E-state index is 0.254. The Morgan fingerprint density at radius 3 is 2.43 bits per heavy atom. The minimum atomic E-state index is -0.254. The smallest absolute Gasteiger partial charge is 0.255 e. The fraction of sp³-hybridized carbons (Fsp3) is 0.133. The van der Waals surface area contributed by atoms with E-state index in [1.165, 1.54) is 0 Å². The molecule has 0 aliphatic rings. The van der Waals surface area contributed by atoms with Crippen molar-refractivity contribution in [3.8, 4) is 11.5 Å². The predicted octanol–water partition coefficient (Wildman–Crippen LogP) is 3.30. The molecule has 2 aromatic rings. The quantitative estimate of drug-likeness (QED) is 0.829. The third-order valence-corrected chi connectivity index (χ3v) is 3.28. The van der Waals surface area contributed by atoms with E-state index in [0.29, 0.717) is 28.4 Å². The molecule has 6 heteroatoms. The van der Waals surface area contributed by atoms with Crippen molar-refractivity contribution in [2.75, 3.05) is 25.3 Å². The molecule has 0 saturated carbocycles. The van der Waals surface area contributed by atoms with Crippen molar-refractivity contribution < 1.29 is 14.3 Å². The molecular formula is C15H15BrN2O3. The van der Waals surface area contributed by atoms with Gasteiger partial charge in [0.1, 0.15) is 0 Å². The number of methoxy groups -OCH3 is 2. The zero-order valence-electron chi connectivity index (χ0n) is 11.6. The van der Waals surface area contributed by atoms with Gasteiger partial charge in [0.2, 0.25) is 0 Å². The molecule has 0 unspecified atom stereocenters. The van der Waals surface area contributed by atoms with E-state index in [9.17, 15) is 4.79 Å². The molecule has 0 aromatic heterocycles. The first kappa shape index (κ1) is 15.2. The number of carbonyl (C=O) groups is 1. The van der Waals surface area contributed by atoms with E-state index < -0.39 is 0 Å². The van der Waals surface area contributed by atoms with Gasteiger partial charge in [0.05, 0.1) is 14.2 Å². The molecule has 0 atom stereocenters. The van der Waals surface area contributed by atoms with E-state index in [1.54, 1.807) is 50.6 Å². The van der Waals surface area contributed by atoms with Gasteiger partial charge in [0.25, 0.3) is 5.91 Å². The van der Waals surface area contributed by atoms with Crippen LogP contribution in [0.2, 0.25) is 0 Å². The highest BCUT2D eigenvalue weighted by Crippen LogP contribution is 2.30. The van der Waals surface area contributed by atoms with Gasteiger partial charge in [-0.2, -0.15) is 0 Å². The number of halogens is 1. The molecule has 0 fully saturated rings. The molecule has 2 aromatic carbocycles. The number of anilines is 2. The molecule has 5 nitrogen and oxygen atoms in total. The molecule has 1 amide bonds. The number of benzene rings is 2. The molecule has 0 aliphatic heterocycles. The van der Waals surface area contributed by atoms with E-state index in [0.717, 1.165) is 4.47 Å². The minimum Gasteiger partial charge on any atom is -0.493 e. The first-order chi connectivity index (χ1) is 10.0. The highest BCUT2D eigenvalue weighted by atomic mass is 79.9. The number of ether oxygens (including phenoxy) is 2. The number of rotatable bonds is 4. The van der Waals surface area contributed by atoms with Crippen molar-refractivity contribution >= 4 is 33.2 Å². The number of carbonyl (C=O) groups excluding carboxylic acids is 1. The Bertz CT molecular complexity index is 654. The van der Waals surface area contributed by atoms with E-state index in [-0.39, 0.29) is 5.91 Å². The van der Waals surface area contributed by atoms with Crippen LogP contribution in [0.1, 0.15) is 10.4 Å². The third-order valence-electron chi connectivity index (χ3n) is 2.82. The number of nitrogens with two attached hydrogens (primary N) is 1. The van der Waals surface area contributed by atoms with Crippen LogP contribution < -0.4 is 20.5 Å². The van der Waals surface area contributed by atoms with Crippen molar-refractivity contribution in [3.05, 3.63) is 46.4 Å². The van der Waals surface area contributed by atoms with Gasteiger partial charge in [-0.1, -0.05) is 15.9 Å². The topological polar surface area (TPSA) is 73.6 Å². The Balaban J connectivity index is 2.23. The largest absolute Gasteiger partial charge is 0.493 e. The van der Waals surface area contributed by atoms with Crippen LogP contribution in [0.15, 0.2) is 40.9 Å². The standard InChI is InChI=1S/C15H15BrN2O3/c1-20-13-4-3-12(8-14(13)21-2)18-15(19)9-5-10(16)7-11(17)6-9/h3-8H,17H2,1-2H3,(H,18,19). The second-order valence-electron chi connectivity index (χ2n) is 4.30. The molecule has 21 heavy (non-hydrogen) atoms. The van der Waals surface area contributed by atoms with Gasteiger partial charge >= 0.3 is 0 Å². The number of amides is 1. The second-order valence-corrected chi connectivity index (χ2v) is 5.21. The SMILES string of the molecule is COc1ccc(NC(=O)c2cc(N)cc(Br)c2)cc1OC. The van der Waals surface area contributed by atoms with Crippen LogP contribution in [0.5, 0.6) is 11.5 Å². The van der Waals surface area contributed by atoms with Gasteiger partial charge in [-0.25, -0.2) is 0 Å². The van der Waals surface area contributed by atoms with Crippen LogP contribution in [-0.4, -0.2) is 20.1 Å². The monoisotopic (exact) mass is 350 g/mol. The van der Waals surface area contributed by atoms with Gasteiger partial charge < -0.3 is 20.5 Å². The maximum absolute atomic E-state index is 12.2. The molecule has 0 radical (unpaired) electrons. The Kier molecular flexibility index (Phi) is 4.70. The molecule has 2 rings (SSSR count). The molecule has 0 saturated heterocycles. The molecule has 0 aliphatic carbocycles. The first-order valence-corrected chi connectivity index (χ1v) is 6.92. The molecule has 0 spiro atoms. The van der Waals surface area contributed by atoms with Crippen LogP contribution in [0.25, 0.3) is 0 Å². The van der Waals surface area contributed by atoms with Crippen molar-refractivity contribution in [1.82, 2.24) is 0 Å². The number of nitrogen functional groups attached to an aromatic ring is 1. The summed E-state index contributed by atoms with van der Waals surface area (Å²) in [6.45, 7) is 0. The number of hydrogen-bond acceptors (Lipinski definition) is 4. The van der Waals surface area contributed by atoms with Crippen LogP contribution in [0.3, 0.4) is 0 Å². The van der Waals surface area contributed by atoms with Gasteiger partial charge in [-0.05, 0) is 30.3 Å². The molecule has 0 bridgehead atoms. The molecular weight excluding hydrogens is 336 g/mol. The lowest BCUT2D eigenvalue weighted by molar-refractivity contribution is 0.102. The van der Waals surface area contributed by atoms with Gasteiger partial charge in [0.15, 0.2) is 11.5 Å². The summed E-state index contributed by atoms with van der Waals surface area (Å²) in [5.41, 5.74) is 7.32. The predicted molar refractivity (Wildman–Crippen MR) is 86.1 cm³/mol. The summed E-state index contributed by atoms with van der Waals surface area (Å²) in [5, 5.41) is 2.79. The van der Waals surface area contributed by atoms with Crippen molar-refractivity contribution in [1.29, 1.82) is 0 Å². The summed E-state index contributed by atoms with van der Waals surface area (Å²) in [7, 11) is 3.10. The Labute approximate surface area is 131 Å². The fourth-order valence-corrected chi connectivity index (χ4v) is 2.37. The summed E-state index contributed by atoms with van der Waals surface area (Å²) < 4.78 is 11.1. The van der Waals surface area contributed by atoms with E-state index in [4.69, 9.17) is 15.2 Å². The van der Waals surface area contributed by atoms with Crippen LogP contribution in [0.4, 0.5) is 11.4 Å². The first-order valence-electron chi connectivity index (χ1n) is 6.13. The Morgan fingerprint density at radius 2 is 1.81 bits per heavy atom. The van der Waals surface area contributed by atoms with E-state index >= 15 is 0 Å². The maximum Gasteiger partial charge on any atom is 0.255 e. The van der Waals surface area contributed by atoms with Crippen LogP contribution in [0, 0.1) is 0 Å². The zero-order chi connectivity index (χ0) is 15.4. The summed E-state index contributed by atoms with van der Waals surface area (Å²) in [5.74, 6) is 0.890. The lowest BCUT2D eigenvalue weighted by Gasteiger charge is -2.11. The van der Waals surface area contributed by atoms with Crippen molar-refractivity contribution in [3.63, 3.8) is 0 Å². The second kappa shape index (κ2) is 6.49. The fourth-order valence-electron chi connectivity index (χ4n) is 1.86. The Hall–Kier alpha value is -2.21. The summed E-state index contributed by atoms with van der Waals surface area (Å²) >= 11 is 3.31. The van der Waals surface area contributed by atoms with Crippen molar-refractivity contribution in [2.45, 2.75) is 0 Å². The van der Waals surface area contributed by atoms with E-state index in [1.807, 2.05) is 0 Å². The number of hydrogen-bond donors (Lipinski definition) is 2. The average Bonchev–Trinajstić information content (AvgIpc) is 2.46. The highest BCUT2D eigenvalue weighted by molar-refractivity contribution is 9.10. The van der Waals surface area contributed by atoms with Gasteiger partial charge in [-0.15, -0.1) is 0 Å². The maximum atomic E-state index is 12.2. The lowest BCUT2D eigenvalue weighted by atomic mass is 10.2. The summed E-state index contributed by atoms with van der Waals surface area (Å²) in [4.78, 5) is 12.2. The third kappa shape index (κ3) is 3.66. The lowest BCUT2D eigenvalue weighted by Crippen LogP contribution is -2.12. The molecule has 0 heterocycles. The van der Waals surface area contributed by atoms with Gasteiger partial charge in [0, 0.05) is 27.5 Å². The van der Waals surface area contributed by atoms with Crippen LogP contribution >= 0.6 is 15.9 Å². The summed E-state index contributed by atoms with van der Waals surface area (Å²) in [6, 6.07) is 10.2. The molecule has 110 valence electrons. The van der Waals surface area contributed by atoms with E-state index in [2.05, 4.69) is 21.2 Å². The average molecular weight is 351 g/mol. The van der Waals surface area contributed by atoms with Gasteiger partial charge in [-0.3, -0.25) is 4.79 Å². The van der Waals surface area contributed by atoms with Crippen molar-refractivity contribution in [2.24, 2.45) is 0 Å². The highest BCUT2D eigenvalue weighted by Gasteiger charge is 2.10. The van der Waals surface area contributed by atoms with Crippen LogP contribution in [-0.2, 0) is 0 Å². The zero-order valence-corrected chi connectivity index (χ0v) is 13.2. The summed E-state index contributed by atoms with van der Waals surface area (Å²) in [6.07, 6.45) is 0. The Morgan fingerprint density at radius 1 is 1.10 bits per heavy atom.